The van der Waals surface area contributed by atoms with E-state index >= 15 is 0 Å². The first-order valence-corrected chi connectivity index (χ1v) is 9.56. The number of hydrogen-bond donors (Lipinski definition) is 3. The Morgan fingerprint density at radius 2 is 1.81 bits per heavy atom. The Kier molecular flexibility index (Phi) is 5.33. The molecule has 4 rings (SSSR count). The summed E-state index contributed by atoms with van der Waals surface area (Å²) in [6, 6.07) is 13.4. The highest BCUT2D eigenvalue weighted by molar-refractivity contribution is 5.86. The van der Waals surface area contributed by atoms with E-state index in [2.05, 4.69) is 42.6 Å². The molecule has 0 atom stereocenters. The number of nitriles is 1. The van der Waals surface area contributed by atoms with Crippen LogP contribution in [0.4, 0.5) is 23.1 Å². The molecule has 0 radical (unpaired) electrons. The molecule has 0 fully saturated rings. The summed E-state index contributed by atoms with van der Waals surface area (Å²) in [6.45, 7) is 4.04. The fraction of sp³-hybridized carbons (Fsp3) is 0.0833. The molecule has 0 aliphatic rings. The molecular formula is C24H19N7. The lowest BCUT2D eigenvalue weighted by atomic mass is 10.0. The summed E-state index contributed by atoms with van der Waals surface area (Å²) in [5, 5.41) is 15.6. The number of nitrogens with one attached hydrogen (secondary N) is 3. The van der Waals surface area contributed by atoms with Gasteiger partial charge in [-0.25, -0.2) is 4.98 Å². The van der Waals surface area contributed by atoms with Crippen molar-refractivity contribution in [3.8, 4) is 18.4 Å². The quantitative estimate of drug-likeness (QED) is 0.405. The van der Waals surface area contributed by atoms with E-state index in [1.807, 2.05) is 44.2 Å². The van der Waals surface area contributed by atoms with E-state index in [-0.39, 0.29) is 0 Å². The van der Waals surface area contributed by atoms with Gasteiger partial charge in [-0.3, -0.25) is 0 Å². The fourth-order valence-corrected chi connectivity index (χ4v) is 3.29. The third kappa shape index (κ3) is 4.21. The summed E-state index contributed by atoms with van der Waals surface area (Å²) in [6.07, 6.45) is 10.5. The Morgan fingerprint density at radius 3 is 2.48 bits per heavy atom. The SMILES string of the molecule is C#C/C=C/c1cc(C)c(Nc2nc(Nc3ccc(C#N)cc3)c3[nH]cnc3n2)c(C)c1. The lowest BCUT2D eigenvalue weighted by Gasteiger charge is -2.14. The third-order valence-corrected chi connectivity index (χ3v) is 4.73. The van der Waals surface area contributed by atoms with Crippen molar-refractivity contribution in [1.82, 2.24) is 19.9 Å². The first-order valence-electron chi connectivity index (χ1n) is 9.56. The minimum Gasteiger partial charge on any atom is -0.340 e. The van der Waals surface area contributed by atoms with Gasteiger partial charge in [0.05, 0.1) is 18.0 Å². The zero-order valence-corrected chi connectivity index (χ0v) is 17.1. The molecule has 150 valence electrons. The van der Waals surface area contributed by atoms with Crippen LogP contribution >= 0.6 is 0 Å². The molecule has 0 amide bonds. The zero-order valence-electron chi connectivity index (χ0n) is 17.1. The van der Waals surface area contributed by atoms with Crippen molar-refractivity contribution in [1.29, 1.82) is 5.26 Å². The van der Waals surface area contributed by atoms with Crippen molar-refractivity contribution in [3.63, 3.8) is 0 Å². The monoisotopic (exact) mass is 405 g/mol. The van der Waals surface area contributed by atoms with Crippen molar-refractivity contribution in [2.45, 2.75) is 13.8 Å². The third-order valence-electron chi connectivity index (χ3n) is 4.73. The van der Waals surface area contributed by atoms with Gasteiger partial charge in [-0.15, -0.1) is 6.42 Å². The highest BCUT2D eigenvalue weighted by Crippen LogP contribution is 2.28. The Hall–Kier alpha value is -4.62. The van der Waals surface area contributed by atoms with Gasteiger partial charge in [0.15, 0.2) is 11.5 Å². The van der Waals surface area contributed by atoms with Crippen molar-refractivity contribution < 1.29 is 0 Å². The van der Waals surface area contributed by atoms with Crippen LogP contribution < -0.4 is 10.6 Å². The van der Waals surface area contributed by atoms with Gasteiger partial charge in [0.25, 0.3) is 0 Å². The minimum atomic E-state index is 0.425. The summed E-state index contributed by atoms with van der Waals surface area (Å²) in [7, 11) is 0. The van der Waals surface area contributed by atoms with Crippen LogP contribution in [0.25, 0.3) is 17.2 Å². The molecule has 7 heteroatoms. The van der Waals surface area contributed by atoms with E-state index in [1.165, 1.54) is 0 Å². The lowest BCUT2D eigenvalue weighted by Crippen LogP contribution is -2.04. The predicted molar refractivity (Wildman–Crippen MR) is 123 cm³/mol. The van der Waals surface area contributed by atoms with Gasteiger partial charge in [-0.2, -0.15) is 15.2 Å². The number of aryl methyl sites for hydroxylation is 2. The molecule has 0 aliphatic carbocycles. The summed E-state index contributed by atoms with van der Waals surface area (Å²) in [5.41, 5.74) is 6.68. The normalized spacial score (nSPS) is 10.7. The Labute approximate surface area is 179 Å². The maximum atomic E-state index is 8.99. The van der Waals surface area contributed by atoms with E-state index < -0.39 is 0 Å². The first kappa shape index (κ1) is 19.7. The molecule has 0 saturated heterocycles. The number of terminal acetylenes is 1. The van der Waals surface area contributed by atoms with Gasteiger partial charge in [0.1, 0.15) is 5.52 Å². The number of aromatic nitrogens is 4. The van der Waals surface area contributed by atoms with Crippen LogP contribution in [0.5, 0.6) is 0 Å². The Morgan fingerprint density at radius 1 is 1.06 bits per heavy atom. The summed E-state index contributed by atoms with van der Waals surface area (Å²) < 4.78 is 0. The van der Waals surface area contributed by atoms with Crippen LogP contribution in [-0.2, 0) is 0 Å². The van der Waals surface area contributed by atoms with Crippen LogP contribution in [0.1, 0.15) is 22.3 Å². The number of imidazole rings is 1. The highest BCUT2D eigenvalue weighted by Gasteiger charge is 2.13. The van der Waals surface area contributed by atoms with Gasteiger partial charge in [-0.05, 0) is 79.1 Å². The number of anilines is 4. The van der Waals surface area contributed by atoms with Crippen molar-refractivity contribution in [2.24, 2.45) is 0 Å². The molecule has 7 nitrogen and oxygen atoms in total. The average Bonchev–Trinajstić information content (AvgIpc) is 3.24. The topological polar surface area (TPSA) is 102 Å². The predicted octanol–water partition coefficient (Wildman–Crippen LogP) is 4.98. The van der Waals surface area contributed by atoms with Gasteiger partial charge in [0, 0.05) is 11.4 Å². The Bertz CT molecular complexity index is 1340. The van der Waals surface area contributed by atoms with Gasteiger partial charge in [0.2, 0.25) is 5.95 Å². The second kappa shape index (κ2) is 8.40. The molecule has 2 aromatic heterocycles. The molecule has 3 N–H and O–H groups in total. The number of rotatable bonds is 5. The number of allylic oxidation sites excluding steroid dienone is 1. The summed E-state index contributed by atoms with van der Waals surface area (Å²) >= 11 is 0. The molecule has 2 aromatic carbocycles. The van der Waals surface area contributed by atoms with Crippen molar-refractivity contribution >= 4 is 40.4 Å². The molecule has 0 saturated carbocycles. The van der Waals surface area contributed by atoms with Crippen LogP contribution in [0, 0.1) is 37.5 Å². The van der Waals surface area contributed by atoms with Crippen LogP contribution in [0.15, 0.2) is 48.8 Å². The number of nitrogens with zero attached hydrogens (tertiary/aromatic N) is 4. The zero-order chi connectivity index (χ0) is 21.8. The number of benzene rings is 2. The van der Waals surface area contributed by atoms with Crippen LogP contribution in [0.2, 0.25) is 0 Å². The smallest absolute Gasteiger partial charge is 0.231 e. The molecule has 0 aliphatic heterocycles. The maximum absolute atomic E-state index is 8.99. The van der Waals surface area contributed by atoms with Gasteiger partial charge in [-0.1, -0.05) is 5.92 Å². The van der Waals surface area contributed by atoms with E-state index in [1.54, 1.807) is 24.5 Å². The Balaban J connectivity index is 1.68. The van der Waals surface area contributed by atoms with Crippen LogP contribution in [0.3, 0.4) is 0 Å². The van der Waals surface area contributed by atoms with Gasteiger partial charge < -0.3 is 15.6 Å². The number of fused-ring (bicyclic) bond motifs is 1. The number of H-pyrrole nitrogens is 1. The van der Waals surface area contributed by atoms with E-state index in [0.29, 0.717) is 28.5 Å². The standard InChI is InChI=1S/C24H19N7/c1-4-5-6-18-11-15(2)20(16(3)12-18)29-24-30-22-21(26-14-27-22)23(31-24)28-19-9-7-17(13-25)8-10-19/h1,5-12,14H,2-3H3,(H3,26,27,28,29,30,31)/b6-5+. The van der Waals surface area contributed by atoms with Gasteiger partial charge >= 0.3 is 0 Å². The van der Waals surface area contributed by atoms with E-state index in [4.69, 9.17) is 11.7 Å². The van der Waals surface area contributed by atoms with E-state index in [9.17, 15) is 0 Å². The molecule has 0 bridgehead atoms. The summed E-state index contributed by atoms with van der Waals surface area (Å²) in [5.74, 6) is 3.51. The second-order valence-electron chi connectivity index (χ2n) is 6.97. The number of aromatic amines is 1. The molecule has 0 unspecified atom stereocenters. The molecule has 2 heterocycles. The highest BCUT2D eigenvalue weighted by atomic mass is 15.2. The number of hydrogen-bond acceptors (Lipinski definition) is 6. The van der Waals surface area contributed by atoms with Crippen molar-refractivity contribution in [3.05, 3.63) is 71.1 Å². The largest absolute Gasteiger partial charge is 0.340 e. The van der Waals surface area contributed by atoms with Crippen LogP contribution in [-0.4, -0.2) is 19.9 Å². The minimum absolute atomic E-state index is 0.425. The lowest BCUT2D eigenvalue weighted by molar-refractivity contribution is 1.18. The second-order valence-corrected chi connectivity index (χ2v) is 6.97. The molecule has 4 aromatic rings. The van der Waals surface area contributed by atoms with E-state index in [0.717, 1.165) is 28.1 Å². The summed E-state index contributed by atoms with van der Waals surface area (Å²) in [4.78, 5) is 16.5. The van der Waals surface area contributed by atoms with Crippen molar-refractivity contribution in [2.75, 3.05) is 10.6 Å². The maximum Gasteiger partial charge on any atom is 0.231 e. The molecule has 31 heavy (non-hydrogen) atoms. The average molecular weight is 405 g/mol. The molecule has 0 spiro atoms. The fourth-order valence-electron chi connectivity index (χ4n) is 3.29. The molecular weight excluding hydrogens is 386 g/mol. The first-order chi connectivity index (χ1) is 15.1.